The van der Waals surface area contributed by atoms with Gasteiger partial charge in [0.1, 0.15) is 0 Å². The molecule has 1 rings (SSSR count). The van der Waals surface area contributed by atoms with Gasteiger partial charge in [-0.1, -0.05) is 20.3 Å². The first-order valence-corrected chi connectivity index (χ1v) is 5.76. The van der Waals surface area contributed by atoms with E-state index in [1.165, 1.54) is 0 Å². The number of amides is 1. The van der Waals surface area contributed by atoms with Crippen LogP contribution < -0.4 is 5.32 Å². The Balaban J connectivity index is 2.15. The summed E-state index contributed by atoms with van der Waals surface area (Å²) in [6.07, 6.45) is 2.99. The molecule has 0 bridgehead atoms. The van der Waals surface area contributed by atoms with E-state index in [0.29, 0.717) is 11.8 Å². The van der Waals surface area contributed by atoms with Crippen molar-refractivity contribution in [1.29, 1.82) is 0 Å². The van der Waals surface area contributed by atoms with Crippen LogP contribution in [0.4, 0.5) is 0 Å². The highest BCUT2D eigenvalue weighted by molar-refractivity contribution is 5.78. The Morgan fingerprint density at radius 3 is 2.86 bits per heavy atom. The molecule has 0 saturated carbocycles. The molecule has 3 heteroatoms. The molecule has 0 spiro atoms. The quantitative estimate of drug-likeness (QED) is 0.651. The van der Waals surface area contributed by atoms with E-state index in [-0.39, 0.29) is 0 Å². The van der Waals surface area contributed by atoms with E-state index in [9.17, 15) is 4.79 Å². The topological polar surface area (TPSA) is 32.3 Å². The summed E-state index contributed by atoms with van der Waals surface area (Å²) in [5.41, 5.74) is 0. The van der Waals surface area contributed by atoms with Crippen LogP contribution in [0.15, 0.2) is 0 Å². The highest BCUT2D eigenvalue weighted by Crippen LogP contribution is 2.20. The fraction of sp³-hybridized carbons (Fsp3) is 0.909. The Hall–Kier alpha value is -0.570. The van der Waals surface area contributed by atoms with Crippen LogP contribution in [0.3, 0.4) is 0 Å². The molecule has 1 N–H and O–H groups in total. The second-order valence-corrected chi connectivity index (χ2v) is 4.03. The summed E-state index contributed by atoms with van der Waals surface area (Å²) in [7, 11) is 0. The summed E-state index contributed by atoms with van der Waals surface area (Å²) in [6, 6.07) is 0. The number of hydrogen-bond acceptors (Lipinski definition) is 2. The van der Waals surface area contributed by atoms with Gasteiger partial charge in [-0.05, 0) is 25.4 Å². The Morgan fingerprint density at radius 1 is 1.50 bits per heavy atom. The molecule has 1 amide bonds. The van der Waals surface area contributed by atoms with Crippen molar-refractivity contribution < 1.29 is 4.79 Å². The van der Waals surface area contributed by atoms with Crippen LogP contribution >= 0.6 is 0 Å². The number of carbonyl (C=O) groups excluding carboxylic acids is 1. The van der Waals surface area contributed by atoms with E-state index >= 15 is 0 Å². The van der Waals surface area contributed by atoms with Crippen molar-refractivity contribution in [3.63, 3.8) is 0 Å². The number of nitrogens with one attached hydrogen (secondary N) is 1. The molecule has 1 heterocycles. The number of likely N-dealkylation sites (tertiary alicyclic amines) is 1. The molecule has 14 heavy (non-hydrogen) atoms. The van der Waals surface area contributed by atoms with Crippen LogP contribution in [0.1, 0.15) is 33.1 Å². The van der Waals surface area contributed by atoms with Crippen LogP contribution in [-0.4, -0.2) is 37.0 Å². The first-order valence-electron chi connectivity index (χ1n) is 5.76. The van der Waals surface area contributed by atoms with Crippen molar-refractivity contribution in [3.05, 3.63) is 0 Å². The van der Waals surface area contributed by atoms with E-state index in [1.807, 2.05) is 4.90 Å². The van der Waals surface area contributed by atoms with Gasteiger partial charge in [0, 0.05) is 19.5 Å². The molecule has 1 fully saturated rings. The number of carbonyl (C=O) groups is 1. The molecule has 1 atom stereocenters. The van der Waals surface area contributed by atoms with Gasteiger partial charge < -0.3 is 10.2 Å². The van der Waals surface area contributed by atoms with Crippen LogP contribution in [0.2, 0.25) is 0 Å². The van der Waals surface area contributed by atoms with Crippen molar-refractivity contribution >= 4 is 5.91 Å². The fourth-order valence-electron chi connectivity index (χ4n) is 1.92. The zero-order valence-electron chi connectivity index (χ0n) is 9.38. The van der Waals surface area contributed by atoms with Crippen LogP contribution in [0.5, 0.6) is 0 Å². The van der Waals surface area contributed by atoms with Crippen LogP contribution in [-0.2, 0) is 4.79 Å². The first kappa shape index (κ1) is 11.5. The highest BCUT2D eigenvalue weighted by atomic mass is 16.2. The second kappa shape index (κ2) is 6.02. The van der Waals surface area contributed by atoms with Crippen molar-refractivity contribution in [1.82, 2.24) is 10.2 Å². The second-order valence-electron chi connectivity index (χ2n) is 4.03. The van der Waals surface area contributed by atoms with Crippen LogP contribution in [0.25, 0.3) is 0 Å². The Kier molecular flexibility index (Phi) is 4.94. The average molecular weight is 198 g/mol. The van der Waals surface area contributed by atoms with E-state index in [2.05, 4.69) is 19.2 Å². The predicted octanol–water partition coefficient (Wildman–Crippen LogP) is 1.24. The molecule has 1 aliphatic heterocycles. The third kappa shape index (κ3) is 3.29. The Morgan fingerprint density at radius 2 is 2.29 bits per heavy atom. The summed E-state index contributed by atoms with van der Waals surface area (Å²) < 4.78 is 0. The first-order chi connectivity index (χ1) is 6.77. The molecule has 0 aromatic carbocycles. The van der Waals surface area contributed by atoms with Crippen molar-refractivity contribution in [3.8, 4) is 0 Å². The molecule has 82 valence electrons. The van der Waals surface area contributed by atoms with E-state index in [0.717, 1.165) is 45.4 Å². The van der Waals surface area contributed by atoms with Crippen LogP contribution in [0, 0.1) is 5.92 Å². The zero-order chi connectivity index (χ0) is 10.4. The SMILES string of the molecule is CCNCCCN1CC(CC)CC1=O. The smallest absolute Gasteiger partial charge is 0.222 e. The van der Waals surface area contributed by atoms with Gasteiger partial charge in [0.2, 0.25) is 5.91 Å². The van der Waals surface area contributed by atoms with Gasteiger partial charge in [-0.15, -0.1) is 0 Å². The van der Waals surface area contributed by atoms with E-state index in [1.54, 1.807) is 0 Å². The fourth-order valence-corrected chi connectivity index (χ4v) is 1.92. The molecular weight excluding hydrogens is 176 g/mol. The van der Waals surface area contributed by atoms with Gasteiger partial charge in [-0.3, -0.25) is 4.79 Å². The third-order valence-corrected chi connectivity index (χ3v) is 2.90. The monoisotopic (exact) mass is 198 g/mol. The van der Waals surface area contributed by atoms with Crippen molar-refractivity contribution in [2.24, 2.45) is 5.92 Å². The summed E-state index contributed by atoms with van der Waals surface area (Å²) in [5.74, 6) is 0.968. The largest absolute Gasteiger partial charge is 0.342 e. The van der Waals surface area contributed by atoms with Gasteiger partial charge in [-0.25, -0.2) is 0 Å². The minimum absolute atomic E-state index is 0.355. The summed E-state index contributed by atoms with van der Waals surface area (Å²) in [4.78, 5) is 13.5. The molecule has 3 nitrogen and oxygen atoms in total. The number of hydrogen-bond donors (Lipinski definition) is 1. The normalized spacial score (nSPS) is 22.0. The van der Waals surface area contributed by atoms with E-state index < -0.39 is 0 Å². The zero-order valence-corrected chi connectivity index (χ0v) is 9.38. The predicted molar refractivity (Wildman–Crippen MR) is 58.1 cm³/mol. The lowest BCUT2D eigenvalue weighted by atomic mass is 10.1. The number of rotatable bonds is 6. The molecule has 1 saturated heterocycles. The lowest BCUT2D eigenvalue weighted by Crippen LogP contribution is -2.28. The maximum absolute atomic E-state index is 11.5. The molecule has 1 aliphatic rings. The van der Waals surface area contributed by atoms with Gasteiger partial charge >= 0.3 is 0 Å². The lowest BCUT2D eigenvalue weighted by molar-refractivity contribution is -0.127. The van der Waals surface area contributed by atoms with Crippen molar-refractivity contribution in [2.45, 2.75) is 33.1 Å². The summed E-state index contributed by atoms with van der Waals surface area (Å²) in [5, 5.41) is 3.27. The molecule has 0 radical (unpaired) electrons. The number of nitrogens with zero attached hydrogens (tertiary/aromatic N) is 1. The minimum atomic E-state index is 0.355. The molecule has 1 unspecified atom stereocenters. The van der Waals surface area contributed by atoms with Gasteiger partial charge in [-0.2, -0.15) is 0 Å². The standard InChI is InChI=1S/C11H22N2O/c1-3-10-8-11(14)13(9-10)7-5-6-12-4-2/h10,12H,3-9H2,1-2H3. The van der Waals surface area contributed by atoms with Gasteiger partial charge in [0.05, 0.1) is 0 Å². The highest BCUT2D eigenvalue weighted by Gasteiger charge is 2.27. The summed E-state index contributed by atoms with van der Waals surface area (Å²) >= 11 is 0. The van der Waals surface area contributed by atoms with Crippen molar-refractivity contribution in [2.75, 3.05) is 26.2 Å². The maximum Gasteiger partial charge on any atom is 0.222 e. The van der Waals surface area contributed by atoms with Gasteiger partial charge in [0.15, 0.2) is 0 Å². The third-order valence-electron chi connectivity index (χ3n) is 2.90. The molecule has 0 aromatic rings. The minimum Gasteiger partial charge on any atom is -0.342 e. The van der Waals surface area contributed by atoms with E-state index in [4.69, 9.17) is 0 Å². The van der Waals surface area contributed by atoms with Gasteiger partial charge in [0.25, 0.3) is 0 Å². The summed E-state index contributed by atoms with van der Waals surface area (Å²) in [6.45, 7) is 8.24. The molecule has 0 aromatic heterocycles. The average Bonchev–Trinajstić information content (AvgIpc) is 2.54. The molecular formula is C11H22N2O. The lowest BCUT2D eigenvalue weighted by Gasteiger charge is -2.16. The Bertz CT molecular complexity index is 182. The Labute approximate surface area is 86.9 Å². The maximum atomic E-state index is 11.5. The molecule has 0 aliphatic carbocycles.